The van der Waals surface area contributed by atoms with Gasteiger partial charge in [0.05, 0.1) is 11.6 Å². The van der Waals surface area contributed by atoms with Crippen LogP contribution in [0.5, 0.6) is 0 Å². The molecule has 110 valence electrons. The van der Waals surface area contributed by atoms with Crippen molar-refractivity contribution in [2.45, 2.75) is 13.0 Å². The molecule has 1 aliphatic heterocycles. The Balaban J connectivity index is 1.58. The Bertz CT molecular complexity index is 673. The summed E-state index contributed by atoms with van der Waals surface area (Å²) in [4.78, 5) is 15.4. The maximum atomic E-state index is 13.3. The van der Waals surface area contributed by atoms with Crippen molar-refractivity contribution in [2.24, 2.45) is 0 Å². The summed E-state index contributed by atoms with van der Waals surface area (Å²) in [5, 5.41) is 5.08. The third kappa shape index (κ3) is 3.19. The molecule has 1 aliphatic rings. The van der Waals surface area contributed by atoms with Crippen LogP contribution in [0, 0.1) is 5.82 Å². The molecule has 1 aromatic carbocycles. The Hall–Kier alpha value is -1.59. The first-order chi connectivity index (χ1) is 10.1. The minimum atomic E-state index is -0.491. The molecule has 0 bridgehead atoms. The van der Waals surface area contributed by atoms with Gasteiger partial charge >= 0.3 is 0 Å². The van der Waals surface area contributed by atoms with Crippen molar-refractivity contribution in [3.05, 3.63) is 50.9 Å². The second kappa shape index (κ2) is 6.03. The maximum Gasteiger partial charge on any atom is 0.242 e. The van der Waals surface area contributed by atoms with Crippen LogP contribution in [0.4, 0.5) is 10.1 Å². The number of hydrogen-bond acceptors (Lipinski definition) is 3. The number of nitrogens with zero attached hydrogens (tertiary/aromatic N) is 1. The van der Waals surface area contributed by atoms with Crippen molar-refractivity contribution in [3.8, 4) is 0 Å². The van der Waals surface area contributed by atoms with Crippen molar-refractivity contribution in [3.63, 3.8) is 0 Å². The second-order valence-electron chi connectivity index (χ2n) is 4.92. The number of nitrogens with one attached hydrogen (secondary N) is 1. The third-order valence-corrected chi connectivity index (χ3v) is 4.85. The molecule has 6 heteroatoms. The van der Waals surface area contributed by atoms with Crippen LogP contribution >= 0.6 is 22.9 Å². The standard InChI is InChI=1S/C15H14ClFN2OS/c16-12-2-1-11(7-13(12)17)18-8-15(20)19-5-3-14-10(9-19)4-6-21-14/h1-2,4,6-7,18H,3,5,8-9H2. The number of carbonyl (C=O) groups excluding carboxylic acids is 1. The smallest absolute Gasteiger partial charge is 0.242 e. The van der Waals surface area contributed by atoms with Crippen LogP contribution in [0.25, 0.3) is 0 Å². The highest BCUT2D eigenvalue weighted by molar-refractivity contribution is 7.10. The van der Waals surface area contributed by atoms with Gasteiger partial charge in [0.15, 0.2) is 0 Å². The highest BCUT2D eigenvalue weighted by Crippen LogP contribution is 2.24. The van der Waals surface area contributed by atoms with E-state index in [1.54, 1.807) is 17.4 Å². The summed E-state index contributed by atoms with van der Waals surface area (Å²) in [6.45, 7) is 1.55. The van der Waals surface area contributed by atoms with E-state index in [2.05, 4.69) is 16.8 Å². The fraction of sp³-hybridized carbons (Fsp3) is 0.267. The topological polar surface area (TPSA) is 32.3 Å². The molecule has 0 saturated heterocycles. The number of benzene rings is 1. The second-order valence-corrected chi connectivity index (χ2v) is 6.32. The highest BCUT2D eigenvalue weighted by Gasteiger charge is 2.21. The molecule has 1 amide bonds. The lowest BCUT2D eigenvalue weighted by Gasteiger charge is -2.27. The van der Waals surface area contributed by atoms with Gasteiger partial charge in [-0.05, 0) is 41.6 Å². The fourth-order valence-electron chi connectivity index (χ4n) is 2.36. The van der Waals surface area contributed by atoms with E-state index in [4.69, 9.17) is 11.6 Å². The number of fused-ring (bicyclic) bond motifs is 1. The van der Waals surface area contributed by atoms with Crippen molar-refractivity contribution in [1.82, 2.24) is 4.90 Å². The van der Waals surface area contributed by atoms with Crippen LogP contribution in [0.15, 0.2) is 29.6 Å². The lowest BCUT2D eigenvalue weighted by Crippen LogP contribution is -2.38. The first kappa shape index (κ1) is 14.4. The van der Waals surface area contributed by atoms with E-state index in [1.807, 2.05) is 4.90 Å². The fourth-order valence-corrected chi connectivity index (χ4v) is 3.36. The molecular formula is C15H14ClFN2OS. The molecule has 0 fully saturated rings. The molecule has 0 spiro atoms. The molecule has 2 heterocycles. The van der Waals surface area contributed by atoms with Gasteiger partial charge in [0.1, 0.15) is 5.82 Å². The molecule has 0 saturated carbocycles. The van der Waals surface area contributed by atoms with Crippen LogP contribution in [-0.4, -0.2) is 23.9 Å². The zero-order chi connectivity index (χ0) is 14.8. The van der Waals surface area contributed by atoms with Crippen LogP contribution in [0.3, 0.4) is 0 Å². The quantitative estimate of drug-likeness (QED) is 0.936. The van der Waals surface area contributed by atoms with Crippen molar-refractivity contribution in [2.75, 3.05) is 18.4 Å². The number of rotatable bonds is 3. The number of amides is 1. The van der Waals surface area contributed by atoms with E-state index in [-0.39, 0.29) is 17.5 Å². The molecule has 2 aromatic rings. The molecule has 0 aliphatic carbocycles. The van der Waals surface area contributed by atoms with E-state index in [9.17, 15) is 9.18 Å². The molecule has 21 heavy (non-hydrogen) atoms. The number of halogens is 2. The average molecular weight is 325 g/mol. The number of hydrogen-bond donors (Lipinski definition) is 1. The number of anilines is 1. The molecule has 0 unspecified atom stereocenters. The Labute approximate surface area is 131 Å². The predicted molar refractivity (Wildman–Crippen MR) is 83.3 cm³/mol. The minimum Gasteiger partial charge on any atom is -0.376 e. The average Bonchev–Trinajstić information content (AvgIpc) is 2.95. The summed E-state index contributed by atoms with van der Waals surface area (Å²) in [5.74, 6) is -0.475. The van der Waals surface area contributed by atoms with Gasteiger partial charge in [0.25, 0.3) is 0 Å². The third-order valence-electron chi connectivity index (χ3n) is 3.52. The Morgan fingerprint density at radius 2 is 2.29 bits per heavy atom. The van der Waals surface area contributed by atoms with Gasteiger partial charge in [-0.3, -0.25) is 4.79 Å². The van der Waals surface area contributed by atoms with Crippen molar-refractivity contribution >= 4 is 34.5 Å². The first-order valence-corrected chi connectivity index (χ1v) is 7.91. The maximum absolute atomic E-state index is 13.3. The Morgan fingerprint density at radius 3 is 3.10 bits per heavy atom. The molecular weight excluding hydrogens is 311 g/mol. The van der Waals surface area contributed by atoms with Crippen LogP contribution < -0.4 is 5.32 Å². The van der Waals surface area contributed by atoms with E-state index in [0.717, 1.165) is 13.0 Å². The molecule has 3 nitrogen and oxygen atoms in total. The Kier molecular flexibility index (Phi) is 4.12. The summed E-state index contributed by atoms with van der Waals surface area (Å²) in [6.07, 6.45) is 0.911. The minimum absolute atomic E-state index is 0.0159. The molecule has 3 rings (SSSR count). The van der Waals surface area contributed by atoms with Gasteiger partial charge in [-0.25, -0.2) is 4.39 Å². The number of thiophene rings is 1. The molecule has 0 radical (unpaired) electrons. The van der Waals surface area contributed by atoms with Crippen LogP contribution in [-0.2, 0) is 17.8 Å². The van der Waals surface area contributed by atoms with Gasteiger partial charge in [-0.15, -0.1) is 11.3 Å². The molecule has 1 aromatic heterocycles. The normalized spacial score (nSPS) is 13.9. The zero-order valence-electron chi connectivity index (χ0n) is 11.2. The van der Waals surface area contributed by atoms with Crippen molar-refractivity contribution in [1.29, 1.82) is 0 Å². The zero-order valence-corrected chi connectivity index (χ0v) is 12.8. The van der Waals surface area contributed by atoms with E-state index in [1.165, 1.54) is 22.6 Å². The number of carbonyl (C=O) groups is 1. The van der Waals surface area contributed by atoms with E-state index in [0.29, 0.717) is 12.2 Å². The highest BCUT2D eigenvalue weighted by atomic mass is 35.5. The van der Waals surface area contributed by atoms with Crippen LogP contribution in [0.2, 0.25) is 5.02 Å². The first-order valence-electron chi connectivity index (χ1n) is 6.65. The SMILES string of the molecule is O=C(CNc1ccc(Cl)c(F)c1)N1CCc2sccc2C1. The van der Waals surface area contributed by atoms with Crippen molar-refractivity contribution < 1.29 is 9.18 Å². The predicted octanol–water partition coefficient (Wildman–Crippen LogP) is 3.54. The van der Waals surface area contributed by atoms with Gasteiger partial charge in [-0.2, -0.15) is 0 Å². The Morgan fingerprint density at radius 1 is 1.43 bits per heavy atom. The van der Waals surface area contributed by atoms with Gasteiger partial charge in [-0.1, -0.05) is 11.6 Å². The van der Waals surface area contributed by atoms with E-state index < -0.39 is 5.82 Å². The van der Waals surface area contributed by atoms with Gasteiger partial charge < -0.3 is 10.2 Å². The monoisotopic (exact) mass is 324 g/mol. The summed E-state index contributed by atoms with van der Waals surface area (Å²) < 4.78 is 13.3. The summed E-state index contributed by atoms with van der Waals surface area (Å²) in [7, 11) is 0. The van der Waals surface area contributed by atoms with Gasteiger partial charge in [0, 0.05) is 23.7 Å². The van der Waals surface area contributed by atoms with Gasteiger partial charge in [0.2, 0.25) is 5.91 Å². The van der Waals surface area contributed by atoms with Crippen LogP contribution in [0.1, 0.15) is 10.4 Å². The largest absolute Gasteiger partial charge is 0.376 e. The summed E-state index contributed by atoms with van der Waals surface area (Å²) >= 11 is 7.37. The molecule has 1 N–H and O–H groups in total. The summed E-state index contributed by atoms with van der Waals surface area (Å²) in [5.41, 5.74) is 1.79. The lowest BCUT2D eigenvalue weighted by molar-refractivity contribution is -0.130. The molecule has 0 atom stereocenters. The lowest BCUT2D eigenvalue weighted by atomic mass is 10.1. The summed E-state index contributed by atoms with van der Waals surface area (Å²) in [6, 6.07) is 6.50. The van der Waals surface area contributed by atoms with E-state index >= 15 is 0 Å².